The third-order valence-corrected chi connectivity index (χ3v) is 3.59. The standard InChI is InChI=1S/C15H19N5O/c1-10(2)14-17-8-11-5-7-20(9-12(11)18-14)15-16-6-4-13(19-15)21-3/h4,6,8,10H,5,7,9H2,1-3H3. The fourth-order valence-electron chi connectivity index (χ4n) is 2.37. The lowest BCUT2D eigenvalue weighted by atomic mass is 10.1. The van der Waals surface area contributed by atoms with Crippen molar-refractivity contribution in [2.24, 2.45) is 0 Å². The molecule has 0 radical (unpaired) electrons. The summed E-state index contributed by atoms with van der Waals surface area (Å²) in [5.41, 5.74) is 2.30. The highest BCUT2D eigenvalue weighted by molar-refractivity contribution is 5.37. The lowest BCUT2D eigenvalue weighted by Crippen LogP contribution is -2.33. The minimum absolute atomic E-state index is 0.332. The Labute approximate surface area is 124 Å². The largest absolute Gasteiger partial charge is 0.481 e. The normalized spacial score (nSPS) is 14.2. The number of nitrogens with zero attached hydrogens (tertiary/aromatic N) is 5. The number of anilines is 1. The van der Waals surface area contributed by atoms with Crippen molar-refractivity contribution in [1.82, 2.24) is 19.9 Å². The topological polar surface area (TPSA) is 64.0 Å². The number of hydrogen-bond donors (Lipinski definition) is 0. The van der Waals surface area contributed by atoms with Gasteiger partial charge in [-0.25, -0.2) is 15.0 Å². The first-order valence-corrected chi connectivity index (χ1v) is 7.14. The molecular formula is C15H19N5O. The van der Waals surface area contributed by atoms with Gasteiger partial charge in [0.05, 0.1) is 19.3 Å². The zero-order chi connectivity index (χ0) is 14.8. The number of ether oxygens (including phenoxy) is 1. The van der Waals surface area contributed by atoms with Gasteiger partial charge < -0.3 is 9.64 Å². The van der Waals surface area contributed by atoms with Gasteiger partial charge in [0.25, 0.3) is 0 Å². The Bertz CT molecular complexity index is 644. The van der Waals surface area contributed by atoms with E-state index < -0.39 is 0 Å². The third kappa shape index (κ3) is 2.79. The second kappa shape index (κ2) is 5.63. The Kier molecular flexibility index (Phi) is 3.68. The first kappa shape index (κ1) is 13.7. The van der Waals surface area contributed by atoms with Crippen LogP contribution in [0.3, 0.4) is 0 Å². The summed E-state index contributed by atoms with van der Waals surface area (Å²) >= 11 is 0. The molecule has 0 saturated heterocycles. The Balaban J connectivity index is 1.87. The molecule has 3 heterocycles. The van der Waals surface area contributed by atoms with Crippen molar-refractivity contribution < 1.29 is 4.74 Å². The van der Waals surface area contributed by atoms with E-state index in [-0.39, 0.29) is 0 Å². The average molecular weight is 285 g/mol. The molecule has 0 bridgehead atoms. The van der Waals surface area contributed by atoms with Crippen LogP contribution >= 0.6 is 0 Å². The van der Waals surface area contributed by atoms with Crippen LogP contribution in [-0.4, -0.2) is 33.6 Å². The zero-order valence-corrected chi connectivity index (χ0v) is 12.6. The summed E-state index contributed by atoms with van der Waals surface area (Å²) in [7, 11) is 1.61. The van der Waals surface area contributed by atoms with E-state index in [2.05, 4.69) is 33.7 Å². The Hall–Kier alpha value is -2.24. The van der Waals surface area contributed by atoms with Crippen molar-refractivity contribution in [2.75, 3.05) is 18.6 Å². The van der Waals surface area contributed by atoms with Gasteiger partial charge in [-0.2, -0.15) is 4.98 Å². The lowest BCUT2D eigenvalue weighted by molar-refractivity contribution is 0.396. The van der Waals surface area contributed by atoms with E-state index in [4.69, 9.17) is 9.72 Å². The second-order valence-corrected chi connectivity index (χ2v) is 5.43. The fraction of sp³-hybridized carbons (Fsp3) is 0.467. The van der Waals surface area contributed by atoms with Gasteiger partial charge in [-0.15, -0.1) is 0 Å². The predicted molar refractivity (Wildman–Crippen MR) is 79.5 cm³/mol. The van der Waals surface area contributed by atoms with Crippen LogP contribution in [-0.2, 0) is 13.0 Å². The molecule has 0 N–H and O–H groups in total. The van der Waals surface area contributed by atoms with Crippen LogP contribution in [0.15, 0.2) is 18.5 Å². The van der Waals surface area contributed by atoms with Crippen LogP contribution in [0, 0.1) is 0 Å². The highest BCUT2D eigenvalue weighted by atomic mass is 16.5. The number of hydrogen-bond acceptors (Lipinski definition) is 6. The van der Waals surface area contributed by atoms with Crippen LogP contribution < -0.4 is 9.64 Å². The van der Waals surface area contributed by atoms with Gasteiger partial charge >= 0.3 is 0 Å². The summed E-state index contributed by atoms with van der Waals surface area (Å²) in [6.07, 6.45) is 4.59. The smallest absolute Gasteiger partial charge is 0.228 e. The number of rotatable bonds is 3. The fourth-order valence-corrected chi connectivity index (χ4v) is 2.37. The van der Waals surface area contributed by atoms with E-state index in [0.717, 1.165) is 24.5 Å². The van der Waals surface area contributed by atoms with Crippen LogP contribution in [0.1, 0.15) is 36.8 Å². The van der Waals surface area contributed by atoms with Gasteiger partial charge in [0.1, 0.15) is 5.82 Å². The summed E-state index contributed by atoms with van der Waals surface area (Å²) in [6.45, 7) is 5.79. The van der Waals surface area contributed by atoms with Crippen molar-refractivity contribution in [3.63, 3.8) is 0 Å². The summed E-state index contributed by atoms with van der Waals surface area (Å²) in [4.78, 5) is 20.0. The van der Waals surface area contributed by atoms with Crippen molar-refractivity contribution in [1.29, 1.82) is 0 Å². The van der Waals surface area contributed by atoms with E-state index >= 15 is 0 Å². The Morgan fingerprint density at radius 2 is 2.10 bits per heavy atom. The first-order valence-electron chi connectivity index (χ1n) is 7.14. The highest BCUT2D eigenvalue weighted by Gasteiger charge is 2.21. The van der Waals surface area contributed by atoms with Crippen molar-refractivity contribution in [2.45, 2.75) is 32.7 Å². The third-order valence-electron chi connectivity index (χ3n) is 3.59. The molecule has 6 heteroatoms. The molecule has 2 aromatic rings. The van der Waals surface area contributed by atoms with Crippen LogP contribution in [0.4, 0.5) is 5.95 Å². The lowest BCUT2D eigenvalue weighted by Gasteiger charge is -2.28. The monoisotopic (exact) mass is 285 g/mol. The summed E-state index contributed by atoms with van der Waals surface area (Å²) in [5, 5.41) is 0. The summed E-state index contributed by atoms with van der Waals surface area (Å²) in [6, 6.07) is 1.75. The van der Waals surface area contributed by atoms with Gasteiger partial charge in [0.15, 0.2) is 0 Å². The molecular weight excluding hydrogens is 266 g/mol. The minimum Gasteiger partial charge on any atom is -0.481 e. The molecule has 21 heavy (non-hydrogen) atoms. The zero-order valence-electron chi connectivity index (χ0n) is 12.6. The summed E-state index contributed by atoms with van der Waals surface area (Å²) < 4.78 is 5.16. The SMILES string of the molecule is COc1ccnc(N2CCc3cnc(C(C)C)nc3C2)n1. The number of aromatic nitrogens is 4. The van der Waals surface area contributed by atoms with Gasteiger partial charge in [0, 0.05) is 30.9 Å². The number of fused-ring (bicyclic) bond motifs is 1. The number of methoxy groups -OCH3 is 1. The molecule has 0 aliphatic carbocycles. The first-order chi connectivity index (χ1) is 10.2. The van der Waals surface area contributed by atoms with Gasteiger partial charge in [-0.3, -0.25) is 0 Å². The average Bonchev–Trinajstić information content (AvgIpc) is 2.53. The second-order valence-electron chi connectivity index (χ2n) is 5.43. The van der Waals surface area contributed by atoms with Crippen LogP contribution in [0.2, 0.25) is 0 Å². The molecule has 0 aromatic carbocycles. The van der Waals surface area contributed by atoms with Gasteiger partial charge in [-0.1, -0.05) is 13.8 Å². The molecule has 0 amide bonds. The van der Waals surface area contributed by atoms with Crippen molar-refractivity contribution in [3.05, 3.63) is 35.5 Å². The van der Waals surface area contributed by atoms with E-state index in [0.29, 0.717) is 24.3 Å². The molecule has 2 aromatic heterocycles. The van der Waals surface area contributed by atoms with E-state index in [1.165, 1.54) is 5.56 Å². The molecule has 1 aliphatic rings. The van der Waals surface area contributed by atoms with Crippen LogP contribution in [0.5, 0.6) is 5.88 Å². The van der Waals surface area contributed by atoms with Crippen molar-refractivity contribution in [3.8, 4) is 5.88 Å². The summed E-state index contributed by atoms with van der Waals surface area (Å²) in [5.74, 6) is 2.49. The van der Waals surface area contributed by atoms with E-state index in [1.54, 1.807) is 19.4 Å². The highest BCUT2D eigenvalue weighted by Crippen LogP contribution is 2.22. The Morgan fingerprint density at radius 1 is 1.24 bits per heavy atom. The molecule has 0 atom stereocenters. The quantitative estimate of drug-likeness (QED) is 0.859. The van der Waals surface area contributed by atoms with E-state index in [9.17, 15) is 0 Å². The Morgan fingerprint density at radius 3 is 2.86 bits per heavy atom. The molecule has 1 aliphatic heterocycles. The maximum absolute atomic E-state index is 5.16. The molecule has 0 spiro atoms. The molecule has 0 unspecified atom stereocenters. The van der Waals surface area contributed by atoms with Gasteiger partial charge in [-0.05, 0) is 12.0 Å². The molecule has 6 nitrogen and oxygen atoms in total. The molecule has 0 fully saturated rings. The van der Waals surface area contributed by atoms with E-state index in [1.807, 2.05) is 6.20 Å². The maximum Gasteiger partial charge on any atom is 0.228 e. The maximum atomic E-state index is 5.16. The molecule has 3 rings (SSSR count). The van der Waals surface area contributed by atoms with Crippen LogP contribution in [0.25, 0.3) is 0 Å². The van der Waals surface area contributed by atoms with Gasteiger partial charge in [0.2, 0.25) is 11.8 Å². The molecule has 0 saturated carbocycles. The minimum atomic E-state index is 0.332. The molecule has 110 valence electrons. The predicted octanol–water partition coefficient (Wildman–Crippen LogP) is 1.96. The van der Waals surface area contributed by atoms with Crippen molar-refractivity contribution >= 4 is 5.95 Å².